The minimum absolute atomic E-state index is 0.355. The van der Waals surface area contributed by atoms with Crippen LogP contribution in [0.1, 0.15) is 17.0 Å². The van der Waals surface area contributed by atoms with Crippen LogP contribution >= 0.6 is 12.2 Å². The Morgan fingerprint density at radius 1 is 1.44 bits per heavy atom. The molecule has 0 aromatic carbocycles. The fraction of sp³-hybridized carbons (Fsp3) is 0.182. The van der Waals surface area contributed by atoms with E-state index in [1.165, 1.54) is 0 Å². The van der Waals surface area contributed by atoms with E-state index in [0.717, 1.165) is 22.6 Å². The average Bonchev–Trinajstić information content (AvgIpc) is 2.67. The van der Waals surface area contributed by atoms with Gasteiger partial charge in [0, 0.05) is 23.8 Å². The first-order valence-corrected chi connectivity index (χ1v) is 5.27. The zero-order valence-corrected chi connectivity index (χ0v) is 9.95. The first kappa shape index (κ1) is 10.8. The van der Waals surface area contributed by atoms with E-state index in [1.807, 2.05) is 30.7 Å². The third kappa shape index (κ3) is 1.81. The molecule has 0 unspecified atom stereocenters. The highest BCUT2D eigenvalue weighted by molar-refractivity contribution is 7.80. The molecule has 0 bridgehead atoms. The molecular formula is C11H12N4S. The maximum absolute atomic E-state index is 5.73. The number of hydrogen-bond acceptors (Lipinski definition) is 3. The molecule has 0 aliphatic carbocycles. The summed E-state index contributed by atoms with van der Waals surface area (Å²) in [5, 5.41) is 0. The minimum Gasteiger partial charge on any atom is -0.389 e. The lowest BCUT2D eigenvalue weighted by atomic mass is 10.1. The molecular weight excluding hydrogens is 220 g/mol. The number of rotatable bonds is 2. The number of aromatic nitrogens is 3. The summed E-state index contributed by atoms with van der Waals surface area (Å²) in [5.41, 5.74) is 9.23. The molecule has 2 rings (SSSR count). The Balaban J connectivity index is 2.72. The molecule has 2 aromatic rings. The summed E-state index contributed by atoms with van der Waals surface area (Å²) in [6.07, 6.45) is 5.29. The van der Waals surface area contributed by atoms with E-state index in [0.29, 0.717) is 4.99 Å². The van der Waals surface area contributed by atoms with Gasteiger partial charge in [0.15, 0.2) is 0 Å². The van der Waals surface area contributed by atoms with Crippen molar-refractivity contribution in [2.45, 2.75) is 13.8 Å². The van der Waals surface area contributed by atoms with Crippen molar-refractivity contribution in [3.8, 4) is 5.69 Å². The van der Waals surface area contributed by atoms with Gasteiger partial charge in [0.1, 0.15) is 4.99 Å². The maximum Gasteiger partial charge on any atom is 0.107 e. The van der Waals surface area contributed by atoms with Crippen LogP contribution < -0.4 is 5.73 Å². The second-order valence-electron chi connectivity index (χ2n) is 3.58. The summed E-state index contributed by atoms with van der Waals surface area (Å²) in [5.74, 6) is 0. The number of aryl methyl sites for hydroxylation is 2. The van der Waals surface area contributed by atoms with Crippen LogP contribution in [0.4, 0.5) is 0 Å². The standard InChI is InChI=1S/C11H12N4S/c1-7-5-9(15-4-3-13-6-15)10(11(12)16)8(2)14-7/h3-6H,1-2H3,(H2,12,16). The van der Waals surface area contributed by atoms with Gasteiger partial charge < -0.3 is 10.3 Å². The second-order valence-corrected chi connectivity index (χ2v) is 4.02. The van der Waals surface area contributed by atoms with Gasteiger partial charge in [-0.2, -0.15) is 0 Å². The fourth-order valence-electron chi connectivity index (χ4n) is 1.72. The van der Waals surface area contributed by atoms with Crippen molar-refractivity contribution in [2.75, 3.05) is 0 Å². The lowest BCUT2D eigenvalue weighted by molar-refractivity contribution is 1.01. The predicted octanol–water partition coefficient (Wildman–Crippen LogP) is 1.52. The van der Waals surface area contributed by atoms with Gasteiger partial charge >= 0.3 is 0 Å². The minimum atomic E-state index is 0.355. The lowest BCUT2D eigenvalue weighted by Gasteiger charge is -2.12. The predicted molar refractivity (Wildman–Crippen MR) is 66.7 cm³/mol. The first-order valence-electron chi connectivity index (χ1n) is 4.86. The van der Waals surface area contributed by atoms with Crippen molar-refractivity contribution in [3.63, 3.8) is 0 Å². The number of pyridine rings is 1. The van der Waals surface area contributed by atoms with Crippen LogP contribution in [0.15, 0.2) is 24.8 Å². The Labute approximate surface area is 99.1 Å². The van der Waals surface area contributed by atoms with Crippen molar-refractivity contribution in [2.24, 2.45) is 5.73 Å². The molecule has 2 heterocycles. The summed E-state index contributed by atoms with van der Waals surface area (Å²) >= 11 is 5.06. The van der Waals surface area contributed by atoms with Gasteiger partial charge in [0.05, 0.1) is 17.6 Å². The summed E-state index contributed by atoms with van der Waals surface area (Å²) in [4.78, 5) is 8.74. The zero-order valence-electron chi connectivity index (χ0n) is 9.14. The molecule has 0 saturated carbocycles. The third-order valence-corrected chi connectivity index (χ3v) is 2.54. The van der Waals surface area contributed by atoms with Gasteiger partial charge in [-0.1, -0.05) is 12.2 Å². The molecule has 5 heteroatoms. The number of hydrogen-bond donors (Lipinski definition) is 1. The number of nitrogens with zero attached hydrogens (tertiary/aromatic N) is 3. The number of imidazole rings is 1. The van der Waals surface area contributed by atoms with Crippen LogP contribution in [0.5, 0.6) is 0 Å². The fourth-order valence-corrected chi connectivity index (χ4v) is 1.97. The van der Waals surface area contributed by atoms with Crippen molar-refractivity contribution in [1.82, 2.24) is 14.5 Å². The molecule has 0 fully saturated rings. The van der Waals surface area contributed by atoms with Gasteiger partial charge in [-0.15, -0.1) is 0 Å². The first-order chi connectivity index (χ1) is 7.59. The van der Waals surface area contributed by atoms with Crippen LogP contribution in [0.25, 0.3) is 5.69 Å². The van der Waals surface area contributed by atoms with E-state index < -0.39 is 0 Å². The van der Waals surface area contributed by atoms with Crippen LogP contribution in [0, 0.1) is 13.8 Å². The van der Waals surface area contributed by atoms with Gasteiger partial charge in [-0.25, -0.2) is 4.98 Å². The highest BCUT2D eigenvalue weighted by Gasteiger charge is 2.12. The molecule has 0 aliphatic heterocycles. The molecule has 2 aromatic heterocycles. The van der Waals surface area contributed by atoms with Crippen LogP contribution in [-0.4, -0.2) is 19.5 Å². The van der Waals surface area contributed by atoms with Gasteiger partial charge in [-0.05, 0) is 19.9 Å². The van der Waals surface area contributed by atoms with Crippen molar-refractivity contribution in [3.05, 3.63) is 41.7 Å². The van der Waals surface area contributed by atoms with E-state index in [4.69, 9.17) is 18.0 Å². The van der Waals surface area contributed by atoms with E-state index in [2.05, 4.69) is 9.97 Å². The van der Waals surface area contributed by atoms with Crippen LogP contribution in [0.3, 0.4) is 0 Å². The molecule has 16 heavy (non-hydrogen) atoms. The Bertz CT molecular complexity index is 531. The maximum atomic E-state index is 5.73. The van der Waals surface area contributed by atoms with Crippen molar-refractivity contribution >= 4 is 17.2 Å². The Morgan fingerprint density at radius 3 is 2.75 bits per heavy atom. The van der Waals surface area contributed by atoms with Gasteiger partial charge in [-0.3, -0.25) is 4.98 Å². The Kier molecular flexibility index (Phi) is 2.70. The molecule has 0 radical (unpaired) electrons. The quantitative estimate of drug-likeness (QED) is 0.798. The Morgan fingerprint density at radius 2 is 2.19 bits per heavy atom. The largest absolute Gasteiger partial charge is 0.389 e. The summed E-state index contributed by atoms with van der Waals surface area (Å²) < 4.78 is 1.89. The monoisotopic (exact) mass is 232 g/mol. The molecule has 4 nitrogen and oxygen atoms in total. The second kappa shape index (κ2) is 4.02. The number of nitrogens with two attached hydrogens (primary N) is 1. The molecule has 0 saturated heterocycles. The van der Waals surface area contributed by atoms with Crippen LogP contribution in [0.2, 0.25) is 0 Å². The van der Waals surface area contributed by atoms with Crippen molar-refractivity contribution in [1.29, 1.82) is 0 Å². The summed E-state index contributed by atoms with van der Waals surface area (Å²) in [6, 6.07) is 1.95. The SMILES string of the molecule is Cc1cc(-n2ccnc2)c(C(N)=S)c(C)n1. The van der Waals surface area contributed by atoms with E-state index in [9.17, 15) is 0 Å². The smallest absolute Gasteiger partial charge is 0.107 e. The van der Waals surface area contributed by atoms with Crippen molar-refractivity contribution < 1.29 is 0 Å². The highest BCUT2D eigenvalue weighted by Crippen LogP contribution is 2.18. The van der Waals surface area contributed by atoms with Crippen LogP contribution in [-0.2, 0) is 0 Å². The lowest BCUT2D eigenvalue weighted by Crippen LogP contribution is -2.16. The normalized spacial score (nSPS) is 10.4. The molecule has 0 spiro atoms. The van der Waals surface area contributed by atoms with E-state index >= 15 is 0 Å². The zero-order chi connectivity index (χ0) is 11.7. The van der Waals surface area contributed by atoms with E-state index in [-0.39, 0.29) is 0 Å². The number of thiocarbonyl (C=S) groups is 1. The molecule has 2 N–H and O–H groups in total. The summed E-state index contributed by atoms with van der Waals surface area (Å²) in [6.45, 7) is 3.85. The van der Waals surface area contributed by atoms with E-state index in [1.54, 1.807) is 12.5 Å². The molecule has 0 aliphatic rings. The Hall–Kier alpha value is -1.75. The summed E-state index contributed by atoms with van der Waals surface area (Å²) in [7, 11) is 0. The third-order valence-electron chi connectivity index (χ3n) is 2.34. The average molecular weight is 232 g/mol. The molecule has 0 atom stereocenters. The topological polar surface area (TPSA) is 56.7 Å². The van der Waals surface area contributed by atoms with Gasteiger partial charge in [0.2, 0.25) is 0 Å². The highest BCUT2D eigenvalue weighted by atomic mass is 32.1. The molecule has 82 valence electrons. The molecule has 0 amide bonds. The van der Waals surface area contributed by atoms with Gasteiger partial charge in [0.25, 0.3) is 0 Å².